The number of carbonyl (C=O) groups excluding carboxylic acids is 1. The molecule has 0 atom stereocenters. The summed E-state index contributed by atoms with van der Waals surface area (Å²) in [4.78, 5) is 12.1. The lowest BCUT2D eigenvalue weighted by atomic mass is 10.1. The zero-order valence-corrected chi connectivity index (χ0v) is 11.7. The number of amides is 1. The van der Waals surface area contributed by atoms with Crippen LogP contribution in [-0.4, -0.2) is 15.7 Å². The molecular weight excluding hydrogens is 281 g/mol. The van der Waals surface area contributed by atoms with Gasteiger partial charge in [-0.25, -0.2) is 9.07 Å². The molecule has 0 aliphatic carbocycles. The van der Waals surface area contributed by atoms with E-state index in [2.05, 4.69) is 10.4 Å². The van der Waals surface area contributed by atoms with Gasteiger partial charge in [0.2, 0.25) is 5.91 Å². The van der Waals surface area contributed by atoms with E-state index in [4.69, 9.17) is 0 Å². The van der Waals surface area contributed by atoms with Gasteiger partial charge in [-0.3, -0.25) is 4.79 Å². The van der Waals surface area contributed by atoms with E-state index in [0.29, 0.717) is 5.82 Å². The van der Waals surface area contributed by atoms with Gasteiger partial charge in [-0.1, -0.05) is 30.3 Å². The van der Waals surface area contributed by atoms with Gasteiger partial charge in [0.05, 0.1) is 18.3 Å². The largest absolute Gasteiger partial charge is 0.310 e. The Balaban J connectivity index is 1.73. The SMILES string of the molecule is O=C(Cc1ccc(F)cc1)Nc1ccnn1-c1ccccc1. The number of aromatic nitrogens is 2. The fourth-order valence-electron chi connectivity index (χ4n) is 2.15. The van der Waals surface area contributed by atoms with Crippen molar-refractivity contribution in [3.05, 3.63) is 78.2 Å². The summed E-state index contributed by atoms with van der Waals surface area (Å²) >= 11 is 0. The van der Waals surface area contributed by atoms with Crippen LogP contribution in [0.1, 0.15) is 5.56 Å². The third kappa shape index (κ3) is 3.20. The Morgan fingerprint density at radius 2 is 1.77 bits per heavy atom. The van der Waals surface area contributed by atoms with E-state index in [1.807, 2.05) is 30.3 Å². The van der Waals surface area contributed by atoms with E-state index in [9.17, 15) is 9.18 Å². The van der Waals surface area contributed by atoms with E-state index >= 15 is 0 Å². The molecule has 5 heteroatoms. The molecule has 110 valence electrons. The fourth-order valence-corrected chi connectivity index (χ4v) is 2.15. The topological polar surface area (TPSA) is 46.9 Å². The number of para-hydroxylation sites is 1. The number of hydrogen-bond donors (Lipinski definition) is 1. The Labute approximate surface area is 127 Å². The number of hydrogen-bond acceptors (Lipinski definition) is 2. The van der Waals surface area contributed by atoms with Crippen molar-refractivity contribution in [2.24, 2.45) is 0 Å². The molecule has 1 amide bonds. The van der Waals surface area contributed by atoms with Crippen molar-refractivity contribution in [1.82, 2.24) is 9.78 Å². The van der Waals surface area contributed by atoms with Gasteiger partial charge in [0.15, 0.2) is 0 Å². The van der Waals surface area contributed by atoms with E-state index in [1.54, 1.807) is 29.1 Å². The third-order valence-electron chi connectivity index (χ3n) is 3.19. The molecule has 0 saturated heterocycles. The number of halogens is 1. The van der Waals surface area contributed by atoms with Gasteiger partial charge in [0.25, 0.3) is 0 Å². The predicted octanol–water partition coefficient (Wildman–Crippen LogP) is 3.19. The molecule has 3 aromatic rings. The molecule has 3 rings (SSSR count). The predicted molar refractivity (Wildman–Crippen MR) is 82.3 cm³/mol. The van der Waals surface area contributed by atoms with Gasteiger partial charge >= 0.3 is 0 Å². The van der Waals surface area contributed by atoms with Crippen molar-refractivity contribution in [2.45, 2.75) is 6.42 Å². The number of anilines is 1. The van der Waals surface area contributed by atoms with Gasteiger partial charge in [-0.2, -0.15) is 5.10 Å². The first-order valence-electron chi connectivity index (χ1n) is 6.86. The number of benzene rings is 2. The maximum atomic E-state index is 12.9. The van der Waals surface area contributed by atoms with Gasteiger partial charge in [-0.05, 0) is 29.8 Å². The maximum absolute atomic E-state index is 12.9. The van der Waals surface area contributed by atoms with E-state index in [0.717, 1.165) is 11.3 Å². The van der Waals surface area contributed by atoms with Crippen LogP contribution in [0.5, 0.6) is 0 Å². The van der Waals surface area contributed by atoms with Crippen LogP contribution in [0.15, 0.2) is 66.9 Å². The molecule has 0 fully saturated rings. The molecule has 4 nitrogen and oxygen atoms in total. The fraction of sp³-hybridized carbons (Fsp3) is 0.0588. The van der Waals surface area contributed by atoms with Crippen LogP contribution in [0.2, 0.25) is 0 Å². The molecular formula is C17H14FN3O. The second-order valence-electron chi connectivity index (χ2n) is 4.82. The molecule has 0 aliphatic rings. The zero-order chi connectivity index (χ0) is 15.4. The van der Waals surface area contributed by atoms with Crippen molar-refractivity contribution in [1.29, 1.82) is 0 Å². The first-order chi connectivity index (χ1) is 10.7. The average molecular weight is 295 g/mol. The number of nitrogens with one attached hydrogen (secondary N) is 1. The lowest BCUT2D eigenvalue weighted by molar-refractivity contribution is -0.115. The summed E-state index contributed by atoms with van der Waals surface area (Å²) < 4.78 is 14.5. The van der Waals surface area contributed by atoms with Crippen molar-refractivity contribution >= 4 is 11.7 Å². The smallest absolute Gasteiger partial charge is 0.229 e. The molecule has 1 heterocycles. The molecule has 2 aromatic carbocycles. The summed E-state index contributed by atoms with van der Waals surface area (Å²) in [5.74, 6) is 0.105. The van der Waals surface area contributed by atoms with Crippen LogP contribution in [0.3, 0.4) is 0 Å². The van der Waals surface area contributed by atoms with Crippen LogP contribution >= 0.6 is 0 Å². The molecule has 0 bridgehead atoms. The van der Waals surface area contributed by atoms with Gasteiger partial charge in [0.1, 0.15) is 11.6 Å². The zero-order valence-electron chi connectivity index (χ0n) is 11.7. The maximum Gasteiger partial charge on any atom is 0.229 e. The van der Waals surface area contributed by atoms with Crippen molar-refractivity contribution in [3.63, 3.8) is 0 Å². The van der Waals surface area contributed by atoms with E-state index in [1.165, 1.54) is 12.1 Å². The van der Waals surface area contributed by atoms with E-state index in [-0.39, 0.29) is 18.1 Å². The minimum atomic E-state index is -0.314. The summed E-state index contributed by atoms with van der Waals surface area (Å²) in [5.41, 5.74) is 1.62. The second kappa shape index (κ2) is 6.22. The summed E-state index contributed by atoms with van der Waals surface area (Å²) in [6.45, 7) is 0. The molecule has 0 aliphatic heterocycles. The summed E-state index contributed by atoms with van der Waals surface area (Å²) in [5, 5.41) is 7.03. The highest BCUT2D eigenvalue weighted by Gasteiger charge is 2.09. The highest BCUT2D eigenvalue weighted by molar-refractivity contribution is 5.91. The van der Waals surface area contributed by atoms with Crippen LogP contribution in [-0.2, 0) is 11.2 Å². The average Bonchev–Trinajstić information content (AvgIpc) is 2.98. The second-order valence-corrected chi connectivity index (χ2v) is 4.82. The number of nitrogens with zero attached hydrogens (tertiary/aromatic N) is 2. The highest BCUT2D eigenvalue weighted by Crippen LogP contribution is 2.14. The minimum Gasteiger partial charge on any atom is -0.310 e. The minimum absolute atomic E-state index is 0.177. The number of carbonyl (C=O) groups is 1. The lowest BCUT2D eigenvalue weighted by Crippen LogP contribution is -2.17. The Morgan fingerprint density at radius 1 is 1.05 bits per heavy atom. The summed E-state index contributed by atoms with van der Waals surface area (Å²) in [6, 6.07) is 17.2. The Bertz CT molecular complexity index is 766. The van der Waals surface area contributed by atoms with Gasteiger partial charge < -0.3 is 5.32 Å². The summed E-state index contributed by atoms with van der Waals surface area (Å²) in [7, 11) is 0. The molecule has 0 unspecified atom stereocenters. The van der Waals surface area contributed by atoms with Crippen LogP contribution in [0.4, 0.5) is 10.2 Å². The first-order valence-corrected chi connectivity index (χ1v) is 6.86. The standard InChI is InChI=1S/C17H14FN3O/c18-14-8-6-13(7-9-14)12-17(22)20-16-10-11-19-21(16)15-4-2-1-3-5-15/h1-11H,12H2,(H,20,22). The molecule has 1 aromatic heterocycles. The van der Waals surface area contributed by atoms with Gasteiger partial charge in [-0.15, -0.1) is 0 Å². The summed E-state index contributed by atoms with van der Waals surface area (Å²) in [6.07, 6.45) is 1.81. The van der Waals surface area contributed by atoms with Crippen LogP contribution < -0.4 is 5.32 Å². The highest BCUT2D eigenvalue weighted by atomic mass is 19.1. The van der Waals surface area contributed by atoms with Crippen molar-refractivity contribution in [3.8, 4) is 5.69 Å². The van der Waals surface area contributed by atoms with Crippen LogP contribution in [0, 0.1) is 5.82 Å². The van der Waals surface area contributed by atoms with Crippen molar-refractivity contribution < 1.29 is 9.18 Å². The molecule has 0 saturated carbocycles. The normalized spacial score (nSPS) is 10.4. The Morgan fingerprint density at radius 3 is 2.50 bits per heavy atom. The number of rotatable bonds is 4. The quantitative estimate of drug-likeness (QED) is 0.803. The Hall–Kier alpha value is -2.95. The van der Waals surface area contributed by atoms with E-state index < -0.39 is 0 Å². The molecule has 0 spiro atoms. The molecule has 0 radical (unpaired) electrons. The monoisotopic (exact) mass is 295 g/mol. The third-order valence-corrected chi connectivity index (χ3v) is 3.19. The van der Waals surface area contributed by atoms with Crippen molar-refractivity contribution in [2.75, 3.05) is 5.32 Å². The molecule has 1 N–H and O–H groups in total. The Kier molecular flexibility index (Phi) is 3.96. The van der Waals surface area contributed by atoms with Gasteiger partial charge in [0, 0.05) is 6.07 Å². The lowest BCUT2D eigenvalue weighted by Gasteiger charge is -2.09. The first kappa shape index (κ1) is 14.0. The molecule has 22 heavy (non-hydrogen) atoms. The van der Waals surface area contributed by atoms with Crippen LogP contribution in [0.25, 0.3) is 5.69 Å².